The van der Waals surface area contributed by atoms with Crippen LogP contribution in [0.1, 0.15) is 129 Å². The molecule has 0 aliphatic carbocycles. The SMILES string of the molecule is CCCCCCCCCCC(=O)O[C@@H](C(=O)NCCN)[C@@H](OC(=O)CCCCCCCCCC)C(=O)NCCN. The van der Waals surface area contributed by atoms with E-state index in [4.69, 9.17) is 20.9 Å². The molecule has 10 nitrogen and oxygen atoms in total. The molecule has 234 valence electrons. The molecular weight excluding hydrogens is 512 g/mol. The minimum absolute atomic E-state index is 0.110. The third-order valence-corrected chi connectivity index (χ3v) is 6.66. The Morgan fingerprint density at radius 3 is 1.12 bits per heavy atom. The summed E-state index contributed by atoms with van der Waals surface area (Å²) in [5, 5.41) is 5.09. The van der Waals surface area contributed by atoms with E-state index in [0.717, 1.165) is 38.5 Å². The number of hydrogen-bond donors (Lipinski definition) is 4. The summed E-state index contributed by atoms with van der Waals surface area (Å²) >= 11 is 0. The molecule has 40 heavy (non-hydrogen) atoms. The van der Waals surface area contributed by atoms with E-state index in [1.807, 2.05) is 0 Å². The molecule has 0 saturated heterocycles. The van der Waals surface area contributed by atoms with Crippen LogP contribution in [-0.2, 0) is 28.7 Å². The summed E-state index contributed by atoms with van der Waals surface area (Å²) in [6, 6.07) is 0. The molecule has 2 amide bonds. The van der Waals surface area contributed by atoms with Gasteiger partial charge in [-0.3, -0.25) is 19.2 Å². The molecule has 10 heteroatoms. The van der Waals surface area contributed by atoms with E-state index in [2.05, 4.69) is 24.5 Å². The molecule has 0 saturated carbocycles. The normalized spacial score (nSPS) is 12.4. The maximum Gasteiger partial charge on any atom is 0.306 e. The molecule has 0 aliphatic heterocycles. The molecule has 0 aliphatic rings. The molecule has 0 aromatic heterocycles. The first-order chi connectivity index (χ1) is 19.4. The maximum absolute atomic E-state index is 12.9. The Labute approximate surface area is 242 Å². The number of carbonyl (C=O) groups is 4. The molecule has 0 radical (unpaired) electrons. The highest BCUT2D eigenvalue weighted by molar-refractivity contribution is 5.93. The molecule has 0 fully saturated rings. The third kappa shape index (κ3) is 20.7. The fraction of sp³-hybridized carbons (Fsp3) is 0.867. The van der Waals surface area contributed by atoms with E-state index >= 15 is 0 Å². The second-order valence-electron chi connectivity index (χ2n) is 10.4. The van der Waals surface area contributed by atoms with E-state index in [1.165, 1.54) is 51.4 Å². The Morgan fingerprint density at radius 2 is 0.825 bits per heavy atom. The van der Waals surface area contributed by atoms with Crippen molar-refractivity contribution in [2.24, 2.45) is 11.5 Å². The van der Waals surface area contributed by atoms with Gasteiger partial charge in [-0.1, -0.05) is 104 Å². The van der Waals surface area contributed by atoms with Gasteiger partial charge in [0.25, 0.3) is 11.8 Å². The average Bonchev–Trinajstić information content (AvgIpc) is 2.95. The smallest absolute Gasteiger partial charge is 0.306 e. The Hall–Kier alpha value is -2.20. The lowest BCUT2D eigenvalue weighted by Crippen LogP contribution is -2.54. The summed E-state index contributed by atoms with van der Waals surface area (Å²) in [6.07, 6.45) is 14.0. The first kappa shape index (κ1) is 37.8. The van der Waals surface area contributed by atoms with Crippen molar-refractivity contribution in [1.29, 1.82) is 0 Å². The van der Waals surface area contributed by atoms with Crippen molar-refractivity contribution in [1.82, 2.24) is 10.6 Å². The van der Waals surface area contributed by atoms with Crippen molar-refractivity contribution >= 4 is 23.8 Å². The van der Waals surface area contributed by atoms with Crippen LogP contribution in [0.25, 0.3) is 0 Å². The van der Waals surface area contributed by atoms with Gasteiger partial charge in [-0.15, -0.1) is 0 Å². The van der Waals surface area contributed by atoms with E-state index in [9.17, 15) is 19.2 Å². The lowest BCUT2D eigenvalue weighted by Gasteiger charge is -2.25. The highest BCUT2D eigenvalue weighted by Gasteiger charge is 2.39. The predicted molar refractivity (Wildman–Crippen MR) is 158 cm³/mol. The average molecular weight is 571 g/mol. The molecule has 0 bridgehead atoms. The van der Waals surface area contributed by atoms with Gasteiger partial charge in [0.1, 0.15) is 0 Å². The molecule has 0 aromatic rings. The summed E-state index contributed by atoms with van der Waals surface area (Å²) in [7, 11) is 0. The van der Waals surface area contributed by atoms with Crippen LogP contribution < -0.4 is 22.1 Å². The van der Waals surface area contributed by atoms with Gasteiger partial charge in [-0.25, -0.2) is 0 Å². The molecule has 0 spiro atoms. The maximum atomic E-state index is 12.9. The standard InChI is InChI=1S/C30H58N4O6/c1-3-5-7-9-11-13-15-17-19-25(35)39-27(29(37)33-23-21-31)28(30(38)34-24-22-32)40-26(36)20-18-16-14-12-10-8-6-4-2/h27-28H,3-24,31-32H2,1-2H3,(H,33,37)(H,34,38)/t27-,28-/m1/s1. The molecule has 2 atom stereocenters. The topological polar surface area (TPSA) is 163 Å². The number of rotatable bonds is 27. The van der Waals surface area contributed by atoms with Gasteiger partial charge in [0.05, 0.1) is 0 Å². The largest absolute Gasteiger partial charge is 0.448 e. The van der Waals surface area contributed by atoms with Gasteiger partial charge in [-0.2, -0.15) is 0 Å². The lowest BCUT2D eigenvalue weighted by molar-refractivity contribution is -0.176. The van der Waals surface area contributed by atoms with Gasteiger partial charge in [0.15, 0.2) is 0 Å². The highest BCUT2D eigenvalue weighted by atomic mass is 16.6. The Balaban J connectivity index is 5.06. The third-order valence-electron chi connectivity index (χ3n) is 6.66. The van der Waals surface area contributed by atoms with Crippen LogP contribution in [0.5, 0.6) is 0 Å². The van der Waals surface area contributed by atoms with Crippen LogP contribution in [-0.4, -0.2) is 62.1 Å². The van der Waals surface area contributed by atoms with Gasteiger partial charge < -0.3 is 31.6 Å². The van der Waals surface area contributed by atoms with E-state index < -0.39 is 36.0 Å². The zero-order valence-electron chi connectivity index (χ0n) is 25.3. The van der Waals surface area contributed by atoms with Crippen LogP contribution in [0.3, 0.4) is 0 Å². The van der Waals surface area contributed by atoms with Gasteiger partial charge in [0, 0.05) is 39.0 Å². The number of hydrogen-bond acceptors (Lipinski definition) is 8. The fourth-order valence-corrected chi connectivity index (χ4v) is 4.31. The molecule has 0 aromatic carbocycles. The highest BCUT2D eigenvalue weighted by Crippen LogP contribution is 2.15. The second-order valence-corrected chi connectivity index (χ2v) is 10.4. The summed E-state index contributed by atoms with van der Waals surface area (Å²) in [6.45, 7) is 4.92. The van der Waals surface area contributed by atoms with Crippen molar-refractivity contribution in [2.45, 2.75) is 142 Å². The number of carbonyl (C=O) groups excluding carboxylic acids is 4. The van der Waals surface area contributed by atoms with Crippen LogP contribution in [0.2, 0.25) is 0 Å². The monoisotopic (exact) mass is 570 g/mol. The minimum atomic E-state index is -1.62. The fourth-order valence-electron chi connectivity index (χ4n) is 4.31. The summed E-state index contributed by atoms with van der Waals surface area (Å²) in [4.78, 5) is 51.1. The first-order valence-corrected chi connectivity index (χ1v) is 15.8. The quantitative estimate of drug-likeness (QED) is 0.0850. The number of unbranched alkanes of at least 4 members (excludes halogenated alkanes) is 14. The molecule has 0 rings (SSSR count). The summed E-state index contributed by atoms with van der Waals surface area (Å²) in [5.74, 6) is -2.70. The van der Waals surface area contributed by atoms with E-state index in [-0.39, 0.29) is 39.0 Å². The van der Waals surface area contributed by atoms with Gasteiger partial charge in [0.2, 0.25) is 12.2 Å². The van der Waals surface area contributed by atoms with Crippen LogP contribution in [0, 0.1) is 0 Å². The second kappa shape index (κ2) is 27.0. The number of nitrogens with two attached hydrogens (primary N) is 2. The van der Waals surface area contributed by atoms with Gasteiger partial charge >= 0.3 is 11.9 Å². The number of nitrogens with one attached hydrogen (secondary N) is 2. The van der Waals surface area contributed by atoms with Crippen LogP contribution >= 0.6 is 0 Å². The summed E-state index contributed by atoms with van der Waals surface area (Å²) in [5.41, 5.74) is 11.0. The van der Waals surface area contributed by atoms with Crippen molar-refractivity contribution in [3.05, 3.63) is 0 Å². The Kier molecular flexibility index (Phi) is 25.5. The zero-order valence-corrected chi connectivity index (χ0v) is 25.3. The van der Waals surface area contributed by atoms with E-state index in [1.54, 1.807) is 0 Å². The van der Waals surface area contributed by atoms with E-state index in [0.29, 0.717) is 12.8 Å². The van der Waals surface area contributed by atoms with Crippen molar-refractivity contribution < 1.29 is 28.7 Å². The number of ether oxygens (including phenoxy) is 2. The minimum Gasteiger partial charge on any atom is -0.448 e. The lowest BCUT2D eigenvalue weighted by atomic mass is 10.1. The zero-order chi connectivity index (χ0) is 29.8. The van der Waals surface area contributed by atoms with Gasteiger partial charge in [-0.05, 0) is 12.8 Å². The van der Waals surface area contributed by atoms with Crippen molar-refractivity contribution in [3.8, 4) is 0 Å². The first-order valence-electron chi connectivity index (χ1n) is 15.8. The van der Waals surface area contributed by atoms with Crippen LogP contribution in [0.15, 0.2) is 0 Å². The molecule has 0 unspecified atom stereocenters. The predicted octanol–water partition coefficient (Wildman–Crippen LogP) is 4.02. The number of esters is 2. The Morgan fingerprint density at radius 1 is 0.525 bits per heavy atom. The van der Waals surface area contributed by atoms with Crippen molar-refractivity contribution in [3.63, 3.8) is 0 Å². The molecular formula is C30H58N4O6. The van der Waals surface area contributed by atoms with Crippen LogP contribution in [0.4, 0.5) is 0 Å². The molecule has 0 heterocycles. The van der Waals surface area contributed by atoms with Crippen molar-refractivity contribution in [2.75, 3.05) is 26.2 Å². The Bertz CT molecular complexity index is 621. The molecule has 6 N–H and O–H groups in total. The number of amides is 2. The summed E-state index contributed by atoms with van der Waals surface area (Å²) < 4.78 is 10.9.